The van der Waals surface area contributed by atoms with Crippen molar-refractivity contribution in [3.05, 3.63) is 96.0 Å². The standard InChI is InChI=1S/C22H15ClN2/c23-21-15-20(18-9-5-2-6-10-18)24-22(25-21)19-13-11-17(12-14-19)16-7-3-1-4-8-16/h1-15H/i1D,3D,4D,7D,8D. The molecule has 0 unspecified atom stereocenters. The predicted molar refractivity (Wildman–Crippen MR) is 103 cm³/mol. The monoisotopic (exact) mass is 347 g/mol. The van der Waals surface area contributed by atoms with Crippen molar-refractivity contribution in [3.8, 4) is 33.8 Å². The van der Waals surface area contributed by atoms with Gasteiger partial charge in [-0.2, -0.15) is 0 Å². The molecule has 0 bridgehead atoms. The van der Waals surface area contributed by atoms with Gasteiger partial charge in [0.2, 0.25) is 0 Å². The molecule has 0 spiro atoms. The normalized spacial score (nSPS) is 13.4. The molecule has 25 heavy (non-hydrogen) atoms. The second-order valence-electron chi connectivity index (χ2n) is 5.34. The van der Waals surface area contributed by atoms with Gasteiger partial charge in [0, 0.05) is 17.2 Å². The zero-order valence-corrected chi connectivity index (χ0v) is 13.8. The molecule has 0 saturated carbocycles. The van der Waals surface area contributed by atoms with E-state index in [0.29, 0.717) is 27.8 Å². The number of hydrogen-bond acceptors (Lipinski definition) is 2. The Balaban J connectivity index is 1.77. The minimum atomic E-state index is -0.411. The maximum Gasteiger partial charge on any atom is 0.161 e. The summed E-state index contributed by atoms with van der Waals surface area (Å²) >= 11 is 6.21. The van der Waals surface area contributed by atoms with E-state index in [4.69, 9.17) is 18.5 Å². The molecule has 3 heteroatoms. The lowest BCUT2D eigenvalue weighted by molar-refractivity contribution is 1.18. The maximum atomic E-state index is 8.13. The average Bonchev–Trinajstić information content (AvgIpc) is 2.77. The van der Waals surface area contributed by atoms with Gasteiger partial charge in [0.15, 0.2) is 5.82 Å². The van der Waals surface area contributed by atoms with Crippen LogP contribution >= 0.6 is 11.6 Å². The fraction of sp³-hybridized carbons (Fsp3) is 0. The molecule has 0 atom stereocenters. The van der Waals surface area contributed by atoms with Gasteiger partial charge in [-0.05, 0) is 11.1 Å². The van der Waals surface area contributed by atoms with Crippen LogP contribution in [0.1, 0.15) is 6.85 Å². The van der Waals surface area contributed by atoms with Crippen molar-refractivity contribution in [2.75, 3.05) is 0 Å². The van der Waals surface area contributed by atoms with Crippen LogP contribution in [0.15, 0.2) is 90.9 Å². The van der Waals surface area contributed by atoms with Crippen molar-refractivity contribution >= 4 is 11.6 Å². The van der Waals surface area contributed by atoms with E-state index in [1.54, 1.807) is 30.3 Å². The lowest BCUT2D eigenvalue weighted by Gasteiger charge is -2.07. The molecule has 0 N–H and O–H groups in total. The van der Waals surface area contributed by atoms with Crippen LogP contribution in [0.3, 0.4) is 0 Å². The molecule has 4 rings (SSSR count). The van der Waals surface area contributed by atoms with E-state index in [9.17, 15) is 0 Å². The maximum absolute atomic E-state index is 8.13. The highest BCUT2D eigenvalue weighted by molar-refractivity contribution is 6.29. The second kappa shape index (κ2) is 6.88. The topological polar surface area (TPSA) is 25.8 Å². The predicted octanol–water partition coefficient (Wildman–Crippen LogP) is 6.13. The fourth-order valence-electron chi connectivity index (χ4n) is 2.48. The van der Waals surface area contributed by atoms with Gasteiger partial charge in [0.05, 0.1) is 12.5 Å². The van der Waals surface area contributed by atoms with Crippen molar-refractivity contribution in [2.45, 2.75) is 0 Å². The van der Waals surface area contributed by atoms with E-state index in [1.807, 2.05) is 30.3 Å². The minimum Gasteiger partial charge on any atom is -0.228 e. The van der Waals surface area contributed by atoms with Gasteiger partial charge < -0.3 is 0 Å². The van der Waals surface area contributed by atoms with Crippen LogP contribution in [0, 0.1) is 0 Å². The van der Waals surface area contributed by atoms with Crippen LogP contribution in [0.5, 0.6) is 0 Å². The van der Waals surface area contributed by atoms with E-state index in [-0.39, 0.29) is 29.7 Å². The van der Waals surface area contributed by atoms with Gasteiger partial charge in [0.1, 0.15) is 5.15 Å². The third-order valence-corrected chi connectivity index (χ3v) is 3.89. The lowest BCUT2D eigenvalue weighted by atomic mass is 10.0. The van der Waals surface area contributed by atoms with E-state index in [2.05, 4.69) is 9.97 Å². The van der Waals surface area contributed by atoms with Gasteiger partial charge in [-0.1, -0.05) is 96.4 Å². The summed E-state index contributed by atoms with van der Waals surface area (Å²) in [5, 5.41) is 0.313. The highest BCUT2D eigenvalue weighted by Gasteiger charge is 2.08. The van der Waals surface area contributed by atoms with Gasteiger partial charge in [0.25, 0.3) is 0 Å². The third kappa shape index (κ3) is 3.44. The quantitative estimate of drug-likeness (QED) is 0.416. The summed E-state index contributed by atoms with van der Waals surface area (Å²) in [5.41, 5.74) is 2.98. The first-order valence-electron chi connectivity index (χ1n) is 10.1. The summed E-state index contributed by atoms with van der Waals surface area (Å²) < 4.78 is 39.7. The Bertz CT molecular complexity index is 1220. The molecular formula is C22H15ClN2. The zero-order chi connectivity index (χ0) is 21.4. The minimum absolute atomic E-state index is 0.157. The summed E-state index contributed by atoms with van der Waals surface area (Å²) in [6, 6.07) is 16.6. The Morgan fingerprint density at radius 2 is 1.36 bits per heavy atom. The Morgan fingerprint density at radius 3 is 2.08 bits per heavy atom. The summed E-state index contributed by atoms with van der Waals surface area (Å²) in [7, 11) is 0. The van der Waals surface area contributed by atoms with Gasteiger partial charge in [-0.25, -0.2) is 9.97 Å². The number of aromatic nitrogens is 2. The first kappa shape index (κ1) is 10.8. The average molecular weight is 348 g/mol. The molecule has 3 aromatic carbocycles. The number of nitrogens with zero attached hydrogens (tertiary/aromatic N) is 2. The lowest BCUT2D eigenvalue weighted by Crippen LogP contribution is -1.93. The SMILES string of the molecule is [2H]c1c([2H])c([2H])c(-c2ccc(-c3nc(Cl)cc(-c4ccccc4)n3)cc2)c([2H])c1[2H]. The van der Waals surface area contributed by atoms with Crippen LogP contribution in [-0.2, 0) is 0 Å². The summed E-state index contributed by atoms with van der Waals surface area (Å²) in [6.07, 6.45) is 0. The molecule has 0 aliphatic heterocycles. The molecule has 0 amide bonds. The molecular weight excluding hydrogens is 328 g/mol. The smallest absolute Gasteiger partial charge is 0.161 e. The molecule has 4 aromatic rings. The van der Waals surface area contributed by atoms with E-state index in [1.165, 1.54) is 0 Å². The number of benzene rings is 3. The second-order valence-corrected chi connectivity index (χ2v) is 5.73. The van der Waals surface area contributed by atoms with Crippen LogP contribution in [0.4, 0.5) is 0 Å². The van der Waals surface area contributed by atoms with Gasteiger partial charge in [-0.3, -0.25) is 0 Å². The Hall–Kier alpha value is -2.97. The van der Waals surface area contributed by atoms with Crippen LogP contribution in [0.2, 0.25) is 5.15 Å². The summed E-state index contributed by atoms with van der Waals surface area (Å²) in [5.74, 6) is 0.439. The largest absolute Gasteiger partial charge is 0.228 e. The Kier molecular flexibility index (Phi) is 2.97. The molecule has 1 aromatic heterocycles. The molecule has 0 radical (unpaired) electrons. The molecule has 0 fully saturated rings. The highest BCUT2D eigenvalue weighted by Crippen LogP contribution is 2.26. The fourth-order valence-corrected chi connectivity index (χ4v) is 2.67. The molecule has 0 aliphatic rings. The van der Waals surface area contributed by atoms with Crippen molar-refractivity contribution in [1.82, 2.24) is 9.97 Å². The van der Waals surface area contributed by atoms with E-state index < -0.39 is 6.04 Å². The van der Waals surface area contributed by atoms with Crippen molar-refractivity contribution < 1.29 is 6.85 Å². The van der Waals surface area contributed by atoms with Crippen molar-refractivity contribution in [1.29, 1.82) is 0 Å². The molecule has 0 aliphatic carbocycles. The number of halogens is 1. The highest BCUT2D eigenvalue weighted by atomic mass is 35.5. The van der Waals surface area contributed by atoms with E-state index in [0.717, 1.165) is 5.56 Å². The van der Waals surface area contributed by atoms with Crippen LogP contribution in [-0.4, -0.2) is 9.97 Å². The zero-order valence-electron chi connectivity index (χ0n) is 18.0. The number of rotatable bonds is 3. The van der Waals surface area contributed by atoms with E-state index >= 15 is 0 Å². The molecule has 2 nitrogen and oxygen atoms in total. The number of hydrogen-bond donors (Lipinski definition) is 0. The Morgan fingerprint density at radius 1 is 0.680 bits per heavy atom. The first-order chi connectivity index (χ1) is 14.4. The Labute approximate surface area is 158 Å². The molecule has 1 heterocycles. The first-order valence-corrected chi connectivity index (χ1v) is 8.02. The third-order valence-electron chi connectivity index (χ3n) is 3.70. The molecule has 0 saturated heterocycles. The summed E-state index contributed by atoms with van der Waals surface area (Å²) in [4.78, 5) is 8.90. The van der Waals surface area contributed by atoms with Gasteiger partial charge in [-0.15, -0.1) is 0 Å². The van der Waals surface area contributed by atoms with Crippen molar-refractivity contribution in [3.63, 3.8) is 0 Å². The van der Waals surface area contributed by atoms with Crippen LogP contribution < -0.4 is 0 Å². The van der Waals surface area contributed by atoms with Gasteiger partial charge >= 0.3 is 0 Å². The summed E-state index contributed by atoms with van der Waals surface area (Å²) in [6.45, 7) is 0. The van der Waals surface area contributed by atoms with Crippen molar-refractivity contribution in [2.24, 2.45) is 0 Å². The van der Waals surface area contributed by atoms with Crippen LogP contribution in [0.25, 0.3) is 33.8 Å². The molecule has 120 valence electrons.